The molecule has 0 spiro atoms. The Balaban J connectivity index is 2.10. The molecule has 0 radical (unpaired) electrons. The molecule has 0 bridgehead atoms. The van der Waals surface area contributed by atoms with Crippen LogP contribution in [0.2, 0.25) is 0 Å². The second-order valence-corrected chi connectivity index (χ2v) is 7.37. The number of aryl methyl sites for hydroxylation is 1. The van der Waals surface area contributed by atoms with Crippen LogP contribution in [-0.2, 0) is 21.4 Å². The minimum atomic E-state index is -3.61. The summed E-state index contributed by atoms with van der Waals surface area (Å²) in [7, 11) is -3.61. The van der Waals surface area contributed by atoms with Crippen molar-refractivity contribution in [3.05, 3.63) is 65.5 Å². The van der Waals surface area contributed by atoms with Crippen molar-refractivity contribution >= 4 is 21.6 Å². The fraction of sp³-hybridized carbons (Fsp3) is 0.235. The lowest BCUT2D eigenvalue weighted by Gasteiger charge is -2.23. The third-order valence-corrected chi connectivity index (χ3v) is 4.58. The molecule has 0 aliphatic carbocycles. The monoisotopic (exact) mass is 350 g/mol. The van der Waals surface area contributed by atoms with Crippen molar-refractivity contribution in [3.63, 3.8) is 0 Å². The first-order valence-corrected chi connectivity index (χ1v) is 9.16. The Bertz CT molecular complexity index is 837. The summed E-state index contributed by atoms with van der Waals surface area (Å²) in [6.07, 6.45) is 1.05. The Hall–Kier alpha value is -2.41. The highest BCUT2D eigenvalue weighted by atomic mass is 32.2. The molecule has 0 saturated carbocycles. The standard InChI is InChI=1S/C17H19FN2O3S/c1-13-6-3-4-9-16(13)20(24(2,22)23)12-17(21)19-11-14-7-5-8-15(18)10-14/h3-10H,11-12H2,1-2H3,(H,19,21). The second-order valence-electron chi connectivity index (χ2n) is 5.46. The highest BCUT2D eigenvalue weighted by Crippen LogP contribution is 2.21. The lowest BCUT2D eigenvalue weighted by atomic mass is 10.2. The van der Waals surface area contributed by atoms with Gasteiger partial charge < -0.3 is 5.32 Å². The van der Waals surface area contributed by atoms with Crippen molar-refractivity contribution in [2.75, 3.05) is 17.1 Å². The van der Waals surface area contributed by atoms with Crippen LogP contribution in [0, 0.1) is 12.7 Å². The summed E-state index contributed by atoms with van der Waals surface area (Å²) in [5, 5.41) is 2.61. The van der Waals surface area contributed by atoms with Gasteiger partial charge in [-0.3, -0.25) is 9.10 Å². The van der Waals surface area contributed by atoms with E-state index in [2.05, 4.69) is 5.32 Å². The van der Waals surface area contributed by atoms with E-state index in [9.17, 15) is 17.6 Å². The molecule has 1 amide bonds. The fourth-order valence-corrected chi connectivity index (χ4v) is 3.17. The van der Waals surface area contributed by atoms with Crippen LogP contribution in [0.15, 0.2) is 48.5 Å². The highest BCUT2D eigenvalue weighted by molar-refractivity contribution is 7.92. The van der Waals surface area contributed by atoms with Gasteiger partial charge in [-0.25, -0.2) is 12.8 Å². The number of carbonyl (C=O) groups excluding carboxylic acids is 1. The largest absolute Gasteiger partial charge is 0.350 e. The predicted octanol–water partition coefficient (Wildman–Crippen LogP) is 2.22. The Morgan fingerprint density at radius 2 is 1.88 bits per heavy atom. The maximum Gasteiger partial charge on any atom is 0.241 e. The number of para-hydroxylation sites is 1. The van der Waals surface area contributed by atoms with Gasteiger partial charge in [-0.2, -0.15) is 0 Å². The van der Waals surface area contributed by atoms with Crippen LogP contribution in [0.4, 0.5) is 10.1 Å². The first-order valence-electron chi connectivity index (χ1n) is 7.32. The molecule has 0 heterocycles. The van der Waals surface area contributed by atoms with Crippen molar-refractivity contribution in [3.8, 4) is 0 Å². The molecule has 5 nitrogen and oxygen atoms in total. The molecule has 2 aromatic carbocycles. The smallest absolute Gasteiger partial charge is 0.241 e. The van der Waals surface area contributed by atoms with E-state index in [1.807, 2.05) is 0 Å². The van der Waals surface area contributed by atoms with Crippen LogP contribution in [0.25, 0.3) is 0 Å². The van der Waals surface area contributed by atoms with Gasteiger partial charge in [0.1, 0.15) is 12.4 Å². The van der Waals surface area contributed by atoms with Gasteiger partial charge in [-0.1, -0.05) is 30.3 Å². The Labute approximate surface area is 141 Å². The summed E-state index contributed by atoms with van der Waals surface area (Å²) in [5.74, 6) is -0.854. The van der Waals surface area contributed by atoms with Crippen molar-refractivity contribution in [2.45, 2.75) is 13.5 Å². The van der Waals surface area contributed by atoms with E-state index in [1.54, 1.807) is 43.3 Å². The molecular weight excluding hydrogens is 331 g/mol. The summed E-state index contributed by atoms with van der Waals surface area (Å²) < 4.78 is 38.3. The van der Waals surface area contributed by atoms with Gasteiger partial charge >= 0.3 is 0 Å². The van der Waals surface area contributed by atoms with Crippen molar-refractivity contribution in [1.29, 1.82) is 0 Å². The van der Waals surface area contributed by atoms with Crippen LogP contribution < -0.4 is 9.62 Å². The van der Waals surface area contributed by atoms with Gasteiger partial charge in [0.15, 0.2) is 0 Å². The Morgan fingerprint density at radius 3 is 2.50 bits per heavy atom. The van der Waals surface area contributed by atoms with E-state index in [-0.39, 0.29) is 18.9 Å². The third-order valence-electron chi connectivity index (χ3n) is 3.45. The summed E-state index contributed by atoms with van der Waals surface area (Å²) in [6, 6.07) is 12.8. The molecule has 0 aliphatic heterocycles. The van der Waals surface area contributed by atoms with Crippen LogP contribution in [0.1, 0.15) is 11.1 Å². The summed E-state index contributed by atoms with van der Waals surface area (Å²) in [5.41, 5.74) is 1.81. The lowest BCUT2D eigenvalue weighted by molar-refractivity contribution is -0.119. The van der Waals surface area contributed by atoms with Gasteiger partial charge in [0.2, 0.25) is 15.9 Å². The molecule has 1 N–H and O–H groups in total. The SMILES string of the molecule is Cc1ccccc1N(CC(=O)NCc1cccc(F)c1)S(C)(=O)=O. The van der Waals surface area contributed by atoms with Gasteiger partial charge in [0.25, 0.3) is 0 Å². The van der Waals surface area contributed by atoms with E-state index in [0.29, 0.717) is 11.3 Å². The molecule has 0 aromatic heterocycles. The number of carbonyl (C=O) groups is 1. The van der Waals surface area contributed by atoms with E-state index in [0.717, 1.165) is 16.1 Å². The molecular formula is C17H19FN2O3S. The fourth-order valence-electron chi connectivity index (χ4n) is 2.26. The number of anilines is 1. The predicted molar refractivity (Wildman–Crippen MR) is 91.6 cm³/mol. The maximum atomic E-state index is 13.1. The Morgan fingerprint density at radius 1 is 1.17 bits per heavy atom. The van der Waals surface area contributed by atoms with Crippen LogP contribution in [0.5, 0.6) is 0 Å². The molecule has 7 heteroatoms. The number of hydrogen-bond donors (Lipinski definition) is 1. The Kier molecular flexibility index (Phi) is 5.56. The normalized spacial score (nSPS) is 11.1. The highest BCUT2D eigenvalue weighted by Gasteiger charge is 2.21. The number of rotatable bonds is 6. The van der Waals surface area contributed by atoms with E-state index in [4.69, 9.17) is 0 Å². The zero-order chi connectivity index (χ0) is 17.7. The minimum absolute atomic E-state index is 0.127. The topological polar surface area (TPSA) is 66.5 Å². The molecule has 0 unspecified atom stereocenters. The molecule has 128 valence electrons. The zero-order valence-corrected chi connectivity index (χ0v) is 14.3. The lowest BCUT2D eigenvalue weighted by Crippen LogP contribution is -2.40. The van der Waals surface area contributed by atoms with Gasteiger partial charge in [0.05, 0.1) is 11.9 Å². The summed E-state index contributed by atoms with van der Waals surface area (Å²) in [4.78, 5) is 12.1. The van der Waals surface area contributed by atoms with Crippen molar-refractivity contribution < 1.29 is 17.6 Å². The zero-order valence-electron chi connectivity index (χ0n) is 13.5. The molecule has 0 saturated heterocycles. The van der Waals surface area contributed by atoms with E-state index < -0.39 is 15.9 Å². The molecule has 0 atom stereocenters. The molecule has 0 fully saturated rings. The van der Waals surface area contributed by atoms with Crippen molar-refractivity contribution in [1.82, 2.24) is 5.32 Å². The van der Waals surface area contributed by atoms with Crippen molar-refractivity contribution in [2.24, 2.45) is 0 Å². The number of nitrogens with one attached hydrogen (secondary N) is 1. The number of nitrogens with zero attached hydrogens (tertiary/aromatic N) is 1. The third kappa shape index (κ3) is 4.79. The summed E-state index contributed by atoms with van der Waals surface area (Å²) in [6.45, 7) is 1.57. The number of benzene rings is 2. The number of halogens is 1. The van der Waals surface area contributed by atoms with Crippen LogP contribution in [0.3, 0.4) is 0 Å². The van der Waals surface area contributed by atoms with Gasteiger partial charge in [-0.15, -0.1) is 0 Å². The number of amides is 1. The average Bonchev–Trinajstić information content (AvgIpc) is 2.50. The minimum Gasteiger partial charge on any atom is -0.350 e. The molecule has 24 heavy (non-hydrogen) atoms. The molecule has 2 aromatic rings. The van der Waals surface area contributed by atoms with E-state index in [1.165, 1.54) is 12.1 Å². The maximum absolute atomic E-state index is 13.1. The second kappa shape index (κ2) is 7.44. The van der Waals surface area contributed by atoms with Gasteiger partial charge in [0, 0.05) is 6.54 Å². The average molecular weight is 350 g/mol. The number of hydrogen-bond acceptors (Lipinski definition) is 3. The van der Waals surface area contributed by atoms with Crippen LogP contribution in [-0.4, -0.2) is 27.1 Å². The van der Waals surface area contributed by atoms with E-state index >= 15 is 0 Å². The quantitative estimate of drug-likeness (QED) is 0.869. The molecule has 2 rings (SSSR count). The number of sulfonamides is 1. The first kappa shape index (κ1) is 17.9. The molecule has 0 aliphatic rings. The van der Waals surface area contributed by atoms with Gasteiger partial charge in [-0.05, 0) is 36.2 Å². The van der Waals surface area contributed by atoms with Crippen LogP contribution >= 0.6 is 0 Å². The summed E-state index contributed by atoms with van der Waals surface area (Å²) >= 11 is 0. The first-order chi connectivity index (χ1) is 11.3.